The van der Waals surface area contributed by atoms with Crippen molar-refractivity contribution in [2.45, 2.75) is 58.3 Å². The lowest BCUT2D eigenvalue weighted by atomic mass is 10.0. The van der Waals surface area contributed by atoms with E-state index in [0.717, 1.165) is 0 Å². The molecule has 0 saturated carbocycles. The third-order valence-electron chi connectivity index (χ3n) is 7.99. The minimum Gasteiger partial charge on any atom is -0.507 e. The summed E-state index contributed by atoms with van der Waals surface area (Å²) >= 11 is 6.84. The van der Waals surface area contributed by atoms with Crippen LogP contribution < -0.4 is 9.64 Å². The topological polar surface area (TPSA) is 98.7 Å². The maximum atomic E-state index is 15.1. The van der Waals surface area contributed by atoms with E-state index in [0.29, 0.717) is 25.5 Å². The van der Waals surface area contributed by atoms with E-state index in [-0.39, 0.29) is 71.0 Å². The largest absolute Gasteiger partial charge is 0.507 e. The standard InChI is InChI=1S/C29H37ClFN5O5/c1-16-12-35(13-17(2)33(16)6)26-22-25(23(30)24(32-26)21-19(31)8-7-9-20(21)37)40-15-18-14-34(10-11-36(18)27(22)38)28(39)41-29(3,4)5/h7-9,16-18,37H,10-15H2,1-6H3/t16-,17+,18-/m1/s1. The van der Waals surface area contributed by atoms with Gasteiger partial charge in [0.25, 0.3) is 5.91 Å². The highest BCUT2D eigenvalue weighted by atomic mass is 35.5. The van der Waals surface area contributed by atoms with Crippen molar-refractivity contribution >= 4 is 29.4 Å². The maximum absolute atomic E-state index is 15.1. The van der Waals surface area contributed by atoms with E-state index < -0.39 is 23.6 Å². The number of phenols is 1. The highest BCUT2D eigenvalue weighted by molar-refractivity contribution is 6.35. The molecule has 10 nitrogen and oxygen atoms in total. The first-order valence-electron chi connectivity index (χ1n) is 13.9. The molecule has 0 spiro atoms. The van der Waals surface area contributed by atoms with Crippen LogP contribution in [0.5, 0.6) is 11.5 Å². The lowest BCUT2D eigenvalue weighted by Crippen LogP contribution is -2.58. The first-order chi connectivity index (χ1) is 19.3. The summed E-state index contributed by atoms with van der Waals surface area (Å²) in [4.78, 5) is 39.3. The number of amides is 2. The van der Waals surface area contributed by atoms with Crippen molar-refractivity contribution in [2.24, 2.45) is 0 Å². The van der Waals surface area contributed by atoms with Crippen molar-refractivity contribution in [1.82, 2.24) is 19.7 Å². The van der Waals surface area contributed by atoms with Crippen molar-refractivity contribution < 1.29 is 28.6 Å². The average molecular weight is 590 g/mol. The first kappa shape index (κ1) is 29.2. The Morgan fingerprint density at radius 3 is 2.46 bits per heavy atom. The quantitative estimate of drug-likeness (QED) is 0.556. The molecule has 0 bridgehead atoms. The van der Waals surface area contributed by atoms with E-state index in [9.17, 15) is 14.7 Å². The van der Waals surface area contributed by atoms with Gasteiger partial charge in [0, 0.05) is 44.8 Å². The zero-order chi connectivity index (χ0) is 29.8. The van der Waals surface area contributed by atoms with Gasteiger partial charge in [0.2, 0.25) is 0 Å². The van der Waals surface area contributed by atoms with Crippen LogP contribution in [-0.4, -0.2) is 107 Å². The predicted octanol–water partition coefficient (Wildman–Crippen LogP) is 4.23. The number of hydrogen-bond donors (Lipinski definition) is 1. The van der Waals surface area contributed by atoms with Gasteiger partial charge in [-0.15, -0.1) is 0 Å². The van der Waals surface area contributed by atoms with Gasteiger partial charge in [-0.2, -0.15) is 0 Å². The molecule has 3 aliphatic rings. The lowest BCUT2D eigenvalue weighted by Gasteiger charge is -2.44. The predicted molar refractivity (Wildman–Crippen MR) is 153 cm³/mol. The summed E-state index contributed by atoms with van der Waals surface area (Å²) < 4.78 is 26.9. The normalized spacial score (nSPS) is 23.5. The molecule has 2 fully saturated rings. The van der Waals surface area contributed by atoms with Crippen molar-refractivity contribution in [3.8, 4) is 22.8 Å². The summed E-state index contributed by atoms with van der Waals surface area (Å²) in [5, 5.41) is 10.5. The number of aromatic nitrogens is 1. The van der Waals surface area contributed by atoms with Crippen LogP contribution in [0.4, 0.5) is 15.0 Å². The molecule has 1 aromatic heterocycles. The van der Waals surface area contributed by atoms with E-state index >= 15 is 4.39 Å². The minimum atomic E-state index is -0.698. The van der Waals surface area contributed by atoms with Gasteiger partial charge in [-0.25, -0.2) is 14.2 Å². The summed E-state index contributed by atoms with van der Waals surface area (Å²) in [7, 11) is 2.05. The number of pyridine rings is 1. The van der Waals surface area contributed by atoms with Crippen LogP contribution in [0.1, 0.15) is 45.0 Å². The number of carbonyl (C=O) groups excluding carboxylic acids is 2. The third kappa shape index (κ3) is 5.49. The molecule has 1 N–H and O–H groups in total. The number of aromatic hydroxyl groups is 1. The Balaban J connectivity index is 1.59. The molecule has 3 aliphatic heterocycles. The summed E-state index contributed by atoms with van der Waals surface area (Å²) in [6.45, 7) is 11.6. The Morgan fingerprint density at radius 2 is 1.83 bits per heavy atom. The Kier molecular flexibility index (Phi) is 7.71. The number of halogens is 2. The fourth-order valence-corrected chi connectivity index (χ4v) is 5.94. The lowest BCUT2D eigenvalue weighted by molar-refractivity contribution is 0.000953. The molecule has 3 atom stereocenters. The van der Waals surface area contributed by atoms with Gasteiger partial charge in [0.05, 0.1) is 11.6 Å². The molecule has 1 aromatic carbocycles. The molecule has 0 unspecified atom stereocenters. The van der Waals surface area contributed by atoms with Crippen LogP contribution in [0, 0.1) is 5.82 Å². The monoisotopic (exact) mass is 589 g/mol. The first-order valence-corrected chi connectivity index (χ1v) is 14.2. The molecule has 2 saturated heterocycles. The van der Waals surface area contributed by atoms with E-state index in [2.05, 4.69) is 18.7 Å². The second-order valence-electron chi connectivity index (χ2n) is 12.1. The number of ether oxygens (including phenoxy) is 2. The molecule has 12 heteroatoms. The highest BCUT2D eigenvalue weighted by Crippen LogP contribution is 2.46. The van der Waals surface area contributed by atoms with Gasteiger partial charge in [-0.3, -0.25) is 9.69 Å². The highest BCUT2D eigenvalue weighted by Gasteiger charge is 2.42. The van der Waals surface area contributed by atoms with Gasteiger partial charge >= 0.3 is 6.09 Å². The maximum Gasteiger partial charge on any atom is 0.410 e. The fraction of sp³-hybridized carbons (Fsp3) is 0.552. The van der Waals surface area contributed by atoms with Crippen LogP contribution >= 0.6 is 11.6 Å². The Bertz CT molecular complexity index is 1340. The Hall–Kier alpha value is -3.31. The number of nitrogens with zero attached hydrogens (tertiary/aromatic N) is 5. The SMILES string of the molecule is C[C@@H]1CN(c2nc(-c3c(O)cccc3F)c(Cl)c3c2C(=O)N2CCN(C(=O)OC(C)(C)C)C[C@@H]2CO3)C[C@H](C)N1C. The third-order valence-corrected chi connectivity index (χ3v) is 8.34. The number of rotatable bonds is 2. The van der Waals surface area contributed by atoms with E-state index in [1.807, 2.05) is 11.9 Å². The molecule has 0 radical (unpaired) electrons. The van der Waals surface area contributed by atoms with Crippen LogP contribution in [0.2, 0.25) is 5.02 Å². The van der Waals surface area contributed by atoms with Crippen LogP contribution in [0.25, 0.3) is 11.3 Å². The summed E-state index contributed by atoms with van der Waals surface area (Å²) in [6.07, 6.45) is -0.454. The molecular weight excluding hydrogens is 553 g/mol. The summed E-state index contributed by atoms with van der Waals surface area (Å²) in [6, 6.07) is 3.80. The number of anilines is 1. The molecule has 222 valence electrons. The van der Waals surface area contributed by atoms with Crippen LogP contribution in [-0.2, 0) is 4.74 Å². The van der Waals surface area contributed by atoms with E-state index in [1.165, 1.54) is 18.2 Å². The number of piperazine rings is 2. The van der Waals surface area contributed by atoms with Gasteiger partial charge in [-0.05, 0) is 53.8 Å². The molecule has 0 aliphatic carbocycles. The minimum absolute atomic E-state index is 0.00157. The number of fused-ring (bicyclic) bond motifs is 2. The molecule has 4 heterocycles. The molecule has 5 rings (SSSR count). The van der Waals surface area contributed by atoms with Crippen LogP contribution in [0.3, 0.4) is 0 Å². The van der Waals surface area contributed by atoms with Gasteiger partial charge in [-0.1, -0.05) is 17.7 Å². The molecular formula is C29H37ClFN5O5. The zero-order valence-corrected chi connectivity index (χ0v) is 25.0. The summed E-state index contributed by atoms with van der Waals surface area (Å²) in [5.74, 6) is -0.920. The van der Waals surface area contributed by atoms with Crippen molar-refractivity contribution in [2.75, 3.05) is 51.3 Å². The Labute approximate surface area is 244 Å². The molecule has 2 amide bonds. The number of phenolic OH excluding ortho intramolecular Hbond substituents is 1. The second kappa shape index (κ2) is 10.8. The van der Waals surface area contributed by atoms with Crippen molar-refractivity contribution in [1.29, 1.82) is 0 Å². The number of hydrogen-bond acceptors (Lipinski definition) is 8. The fourth-order valence-electron chi connectivity index (χ4n) is 5.66. The molecule has 41 heavy (non-hydrogen) atoms. The number of carbonyl (C=O) groups is 2. The second-order valence-corrected chi connectivity index (χ2v) is 12.5. The van der Waals surface area contributed by atoms with Crippen LogP contribution in [0.15, 0.2) is 18.2 Å². The van der Waals surface area contributed by atoms with Crippen molar-refractivity contribution in [3.05, 3.63) is 34.6 Å². The summed E-state index contributed by atoms with van der Waals surface area (Å²) in [5.41, 5.74) is -0.615. The van der Waals surface area contributed by atoms with Gasteiger partial charge in [0.1, 0.15) is 45.9 Å². The van der Waals surface area contributed by atoms with E-state index in [1.54, 1.807) is 30.6 Å². The average Bonchev–Trinajstić information content (AvgIpc) is 3.03. The van der Waals surface area contributed by atoms with Crippen molar-refractivity contribution in [3.63, 3.8) is 0 Å². The Morgan fingerprint density at radius 1 is 1.15 bits per heavy atom. The number of benzene rings is 1. The number of likely N-dealkylation sites (N-methyl/N-ethyl adjacent to an activating group) is 1. The zero-order valence-electron chi connectivity index (χ0n) is 24.3. The van der Waals surface area contributed by atoms with Gasteiger partial charge in [0.15, 0.2) is 5.75 Å². The van der Waals surface area contributed by atoms with E-state index in [4.69, 9.17) is 26.1 Å². The van der Waals surface area contributed by atoms with Gasteiger partial charge < -0.3 is 29.3 Å². The smallest absolute Gasteiger partial charge is 0.410 e. The molecule has 2 aromatic rings.